The van der Waals surface area contributed by atoms with E-state index in [4.69, 9.17) is 10.5 Å². The summed E-state index contributed by atoms with van der Waals surface area (Å²) >= 11 is 0. The largest absolute Gasteiger partial charge is 0.445 e. The van der Waals surface area contributed by atoms with Gasteiger partial charge in [0.25, 0.3) is 0 Å². The lowest BCUT2D eigenvalue weighted by atomic mass is 9.93. The third kappa shape index (κ3) is 4.26. The summed E-state index contributed by atoms with van der Waals surface area (Å²) in [5, 5.41) is 0. The van der Waals surface area contributed by atoms with Gasteiger partial charge >= 0.3 is 6.09 Å². The maximum atomic E-state index is 11.9. The quantitative estimate of drug-likeness (QED) is 0.913. The van der Waals surface area contributed by atoms with Crippen molar-refractivity contribution in [3.05, 3.63) is 35.9 Å². The van der Waals surface area contributed by atoms with E-state index in [1.54, 1.807) is 4.90 Å². The van der Waals surface area contributed by atoms with Crippen LogP contribution in [0.3, 0.4) is 0 Å². The first-order valence-corrected chi connectivity index (χ1v) is 6.89. The van der Waals surface area contributed by atoms with Crippen LogP contribution in [-0.2, 0) is 16.1 Å². The van der Waals surface area contributed by atoms with E-state index in [0.717, 1.165) is 18.4 Å². The number of primary amides is 1. The zero-order chi connectivity index (χ0) is 14.4. The number of hydrogen-bond acceptors (Lipinski definition) is 3. The SMILES string of the molecule is NC(=O)CC1CCN(C(=O)OCc2ccccc2)CC1. The third-order valence-electron chi connectivity index (χ3n) is 3.57. The Bertz CT molecular complexity index is 453. The van der Waals surface area contributed by atoms with Crippen LogP contribution in [-0.4, -0.2) is 30.0 Å². The predicted molar refractivity (Wildman–Crippen MR) is 74.7 cm³/mol. The van der Waals surface area contributed by atoms with Crippen molar-refractivity contribution >= 4 is 12.0 Å². The summed E-state index contributed by atoms with van der Waals surface area (Å²) in [5.41, 5.74) is 6.16. The van der Waals surface area contributed by atoms with Crippen molar-refractivity contribution in [2.75, 3.05) is 13.1 Å². The molecule has 20 heavy (non-hydrogen) atoms. The van der Waals surface area contributed by atoms with E-state index < -0.39 is 0 Å². The molecule has 0 atom stereocenters. The fourth-order valence-electron chi connectivity index (χ4n) is 2.41. The van der Waals surface area contributed by atoms with E-state index in [-0.39, 0.29) is 12.0 Å². The van der Waals surface area contributed by atoms with Gasteiger partial charge in [-0.3, -0.25) is 4.79 Å². The van der Waals surface area contributed by atoms with Crippen LogP contribution in [0.1, 0.15) is 24.8 Å². The summed E-state index contributed by atoms with van der Waals surface area (Å²) in [6.07, 6.45) is 1.74. The Kier molecular flexibility index (Phi) is 4.98. The van der Waals surface area contributed by atoms with Gasteiger partial charge in [0.2, 0.25) is 5.91 Å². The molecule has 5 heteroatoms. The lowest BCUT2D eigenvalue weighted by molar-refractivity contribution is -0.119. The molecule has 2 rings (SSSR count). The van der Waals surface area contributed by atoms with Crippen LogP contribution in [0.15, 0.2) is 30.3 Å². The summed E-state index contributed by atoms with van der Waals surface area (Å²) in [7, 11) is 0. The number of amides is 2. The van der Waals surface area contributed by atoms with Crippen molar-refractivity contribution < 1.29 is 14.3 Å². The summed E-state index contributed by atoms with van der Waals surface area (Å²) in [6, 6.07) is 9.60. The van der Waals surface area contributed by atoms with Gasteiger partial charge < -0.3 is 15.4 Å². The molecule has 0 aliphatic carbocycles. The number of hydrogen-bond donors (Lipinski definition) is 1. The van der Waals surface area contributed by atoms with E-state index in [0.29, 0.717) is 32.0 Å². The monoisotopic (exact) mass is 276 g/mol. The number of piperidine rings is 1. The number of nitrogens with zero attached hydrogens (tertiary/aromatic N) is 1. The molecule has 1 aromatic rings. The van der Waals surface area contributed by atoms with Gasteiger partial charge in [-0.1, -0.05) is 30.3 Å². The van der Waals surface area contributed by atoms with Crippen molar-refractivity contribution in [2.45, 2.75) is 25.9 Å². The minimum atomic E-state index is -0.286. The minimum Gasteiger partial charge on any atom is -0.445 e. The standard InChI is InChI=1S/C15H20N2O3/c16-14(18)10-12-6-8-17(9-7-12)15(19)20-11-13-4-2-1-3-5-13/h1-5,12H,6-11H2,(H2,16,18). The van der Waals surface area contributed by atoms with Crippen LogP contribution >= 0.6 is 0 Å². The molecule has 0 bridgehead atoms. The molecule has 1 aromatic carbocycles. The van der Waals surface area contributed by atoms with E-state index in [9.17, 15) is 9.59 Å². The molecule has 1 saturated heterocycles. The number of benzene rings is 1. The Morgan fingerprint density at radius 1 is 1.20 bits per heavy atom. The Labute approximate surface area is 118 Å². The molecule has 0 radical (unpaired) electrons. The topological polar surface area (TPSA) is 72.6 Å². The Morgan fingerprint density at radius 2 is 1.85 bits per heavy atom. The van der Waals surface area contributed by atoms with Crippen molar-refractivity contribution in [3.8, 4) is 0 Å². The molecule has 0 unspecified atom stereocenters. The Balaban J connectivity index is 1.73. The molecule has 5 nitrogen and oxygen atoms in total. The second kappa shape index (κ2) is 6.93. The fraction of sp³-hybridized carbons (Fsp3) is 0.467. The van der Waals surface area contributed by atoms with Gasteiger partial charge in [-0.25, -0.2) is 4.79 Å². The lowest BCUT2D eigenvalue weighted by Crippen LogP contribution is -2.39. The molecule has 0 saturated carbocycles. The summed E-state index contributed by atoms with van der Waals surface area (Å²) < 4.78 is 5.28. The zero-order valence-corrected chi connectivity index (χ0v) is 11.5. The predicted octanol–water partition coefficient (Wildman–Crippen LogP) is 1.91. The smallest absolute Gasteiger partial charge is 0.410 e. The molecule has 2 N–H and O–H groups in total. The number of carbonyl (C=O) groups is 2. The molecule has 2 amide bonds. The maximum absolute atomic E-state index is 11.9. The van der Waals surface area contributed by atoms with Gasteiger partial charge in [0, 0.05) is 19.5 Å². The highest BCUT2D eigenvalue weighted by Gasteiger charge is 2.24. The van der Waals surface area contributed by atoms with Gasteiger partial charge in [-0.05, 0) is 24.3 Å². The number of likely N-dealkylation sites (tertiary alicyclic amines) is 1. The molecule has 108 valence electrons. The highest BCUT2D eigenvalue weighted by atomic mass is 16.6. The molecule has 1 aliphatic rings. The van der Waals surface area contributed by atoms with Gasteiger partial charge in [-0.15, -0.1) is 0 Å². The highest BCUT2D eigenvalue weighted by Crippen LogP contribution is 2.20. The third-order valence-corrected chi connectivity index (χ3v) is 3.57. The Hall–Kier alpha value is -2.04. The second-order valence-corrected chi connectivity index (χ2v) is 5.14. The van der Waals surface area contributed by atoms with Crippen LogP contribution in [0.25, 0.3) is 0 Å². The van der Waals surface area contributed by atoms with Crippen LogP contribution in [0.4, 0.5) is 4.79 Å². The van der Waals surface area contributed by atoms with Crippen molar-refractivity contribution in [1.29, 1.82) is 0 Å². The summed E-state index contributed by atoms with van der Waals surface area (Å²) in [5.74, 6) is 0.0285. The summed E-state index contributed by atoms with van der Waals surface area (Å²) in [4.78, 5) is 24.5. The van der Waals surface area contributed by atoms with E-state index in [2.05, 4.69) is 0 Å². The number of carbonyl (C=O) groups excluding carboxylic acids is 2. The average Bonchev–Trinajstić information content (AvgIpc) is 2.46. The van der Waals surface area contributed by atoms with E-state index >= 15 is 0 Å². The molecule has 1 heterocycles. The van der Waals surface area contributed by atoms with Gasteiger partial charge in [0.15, 0.2) is 0 Å². The molecular formula is C15H20N2O3. The summed E-state index contributed by atoms with van der Waals surface area (Å²) in [6.45, 7) is 1.55. The fourth-order valence-corrected chi connectivity index (χ4v) is 2.41. The molecule has 0 spiro atoms. The van der Waals surface area contributed by atoms with Crippen LogP contribution in [0, 0.1) is 5.92 Å². The van der Waals surface area contributed by atoms with Gasteiger partial charge in [0.05, 0.1) is 0 Å². The second-order valence-electron chi connectivity index (χ2n) is 5.14. The number of ether oxygens (including phenoxy) is 1. The van der Waals surface area contributed by atoms with Crippen molar-refractivity contribution in [1.82, 2.24) is 4.90 Å². The highest BCUT2D eigenvalue weighted by molar-refractivity contribution is 5.74. The normalized spacial score (nSPS) is 15.9. The molecule has 0 aromatic heterocycles. The van der Waals surface area contributed by atoms with Gasteiger partial charge in [-0.2, -0.15) is 0 Å². The number of rotatable bonds is 4. The van der Waals surface area contributed by atoms with Crippen molar-refractivity contribution in [3.63, 3.8) is 0 Å². The van der Waals surface area contributed by atoms with Crippen LogP contribution in [0.2, 0.25) is 0 Å². The average molecular weight is 276 g/mol. The van der Waals surface area contributed by atoms with E-state index in [1.165, 1.54) is 0 Å². The van der Waals surface area contributed by atoms with E-state index in [1.807, 2.05) is 30.3 Å². The minimum absolute atomic E-state index is 0.268. The first-order valence-electron chi connectivity index (χ1n) is 6.89. The maximum Gasteiger partial charge on any atom is 0.410 e. The first-order chi connectivity index (χ1) is 9.65. The van der Waals surface area contributed by atoms with Crippen LogP contribution < -0.4 is 5.73 Å². The Morgan fingerprint density at radius 3 is 2.45 bits per heavy atom. The van der Waals surface area contributed by atoms with Crippen molar-refractivity contribution in [2.24, 2.45) is 11.7 Å². The first kappa shape index (κ1) is 14.4. The lowest BCUT2D eigenvalue weighted by Gasteiger charge is -2.30. The molecular weight excluding hydrogens is 256 g/mol. The molecule has 1 fully saturated rings. The molecule has 1 aliphatic heterocycles. The van der Waals surface area contributed by atoms with Gasteiger partial charge in [0.1, 0.15) is 6.61 Å². The van der Waals surface area contributed by atoms with Crippen LogP contribution in [0.5, 0.6) is 0 Å². The number of nitrogens with two attached hydrogens (primary N) is 1. The zero-order valence-electron chi connectivity index (χ0n) is 11.5.